The first-order chi connectivity index (χ1) is 12.6. The zero-order chi connectivity index (χ0) is 18.1. The molecule has 4 amide bonds. The molecule has 26 heavy (non-hydrogen) atoms. The van der Waals surface area contributed by atoms with Crippen LogP contribution in [0.2, 0.25) is 0 Å². The molecule has 138 valence electrons. The van der Waals surface area contributed by atoms with E-state index < -0.39 is 6.04 Å². The Bertz CT molecular complexity index is 710. The number of piperidine rings is 1. The summed E-state index contributed by atoms with van der Waals surface area (Å²) in [6.45, 7) is 1.61. The van der Waals surface area contributed by atoms with Crippen molar-refractivity contribution in [3.05, 3.63) is 30.3 Å². The molecule has 0 radical (unpaired) electrons. The summed E-state index contributed by atoms with van der Waals surface area (Å²) in [6, 6.07) is 8.49. The second-order valence-electron chi connectivity index (χ2n) is 6.87. The van der Waals surface area contributed by atoms with E-state index in [-0.39, 0.29) is 36.6 Å². The largest absolute Gasteiger partial charge is 0.366 e. The van der Waals surface area contributed by atoms with E-state index in [1.54, 1.807) is 9.80 Å². The lowest BCUT2D eigenvalue weighted by molar-refractivity contribution is -0.139. The molecule has 3 aliphatic heterocycles. The predicted octanol–water partition coefficient (Wildman–Crippen LogP) is 0.0908. The summed E-state index contributed by atoms with van der Waals surface area (Å²) < 4.78 is 5.50. The number of urea groups is 1. The maximum atomic E-state index is 12.6. The SMILES string of the molecule is O=C1CO[C@H]2CCN(C(=O)NC3CCN(c4ccccc4)C3=O)C[C@@H]2N1. The van der Waals surface area contributed by atoms with Gasteiger partial charge < -0.3 is 25.2 Å². The number of fused-ring (bicyclic) bond motifs is 1. The lowest BCUT2D eigenvalue weighted by Crippen LogP contribution is -2.62. The molecule has 1 unspecified atom stereocenters. The number of amides is 4. The van der Waals surface area contributed by atoms with E-state index in [4.69, 9.17) is 4.74 Å². The Hall–Kier alpha value is -2.61. The highest BCUT2D eigenvalue weighted by molar-refractivity contribution is 6.01. The second-order valence-corrected chi connectivity index (χ2v) is 6.87. The first-order valence-corrected chi connectivity index (χ1v) is 8.94. The number of hydrogen-bond acceptors (Lipinski definition) is 4. The average molecular weight is 358 g/mol. The van der Waals surface area contributed by atoms with Crippen LogP contribution in [0.4, 0.5) is 10.5 Å². The van der Waals surface area contributed by atoms with Crippen LogP contribution >= 0.6 is 0 Å². The van der Waals surface area contributed by atoms with E-state index in [1.807, 2.05) is 30.3 Å². The van der Waals surface area contributed by atoms with Gasteiger partial charge >= 0.3 is 6.03 Å². The van der Waals surface area contributed by atoms with Crippen LogP contribution in [0.5, 0.6) is 0 Å². The van der Waals surface area contributed by atoms with E-state index >= 15 is 0 Å². The van der Waals surface area contributed by atoms with E-state index in [0.29, 0.717) is 32.5 Å². The number of hydrogen-bond donors (Lipinski definition) is 2. The number of nitrogens with one attached hydrogen (secondary N) is 2. The van der Waals surface area contributed by atoms with Crippen LogP contribution in [-0.2, 0) is 14.3 Å². The minimum absolute atomic E-state index is 0.0431. The van der Waals surface area contributed by atoms with Crippen LogP contribution in [0.15, 0.2) is 30.3 Å². The molecule has 1 aromatic carbocycles. The van der Waals surface area contributed by atoms with E-state index in [0.717, 1.165) is 5.69 Å². The number of carbonyl (C=O) groups excluding carboxylic acids is 3. The van der Waals surface area contributed by atoms with Gasteiger partial charge in [-0.1, -0.05) is 18.2 Å². The minimum atomic E-state index is -0.516. The Labute approximate surface area is 151 Å². The van der Waals surface area contributed by atoms with Gasteiger partial charge in [-0.05, 0) is 25.0 Å². The summed E-state index contributed by atoms with van der Waals surface area (Å²) in [5.41, 5.74) is 0.845. The van der Waals surface area contributed by atoms with Gasteiger partial charge in [0, 0.05) is 25.3 Å². The number of ether oxygens (including phenoxy) is 1. The third-order valence-electron chi connectivity index (χ3n) is 5.18. The third kappa shape index (κ3) is 3.24. The molecule has 0 bridgehead atoms. The maximum absolute atomic E-state index is 12.6. The van der Waals surface area contributed by atoms with Gasteiger partial charge in [0.15, 0.2) is 0 Å². The second kappa shape index (κ2) is 6.95. The first-order valence-electron chi connectivity index (χ1n) is 8.94. The summed E-state index contributed by atoms with van der Waals surface area (Å²) >= 11 is 0. The van der Waals surface area contributed by atoms with Gasteiger partial charge in [0.1, 0.15) is 12.6 Å². The Balaban J connectivity index is 1.35. The number of nitrogens with zero attached hydrogens (tertiary/aromatic N) is 2. The minimum Gasteiger partial charge on any atom is -0.366 e. The van der Waals surface area contributed by atoms with Crippen molar-refractivity contribution in [1.29, 1.82) is 0 Å². The molecular formula is C18H22N4O4. The summed E-state index contributed by atoms with van der Waals surface area (Å²) in [6.07, 6.45) is 1.21. The predicted molar refractivity (Wildman–Crippen MR) is 93.6 cm³/mol. The molecular weight excluding hydrogens is 336 g/mol. The molecule has 8 nitrogen and oxygen atoms in total. The Kier molecular flexibility index (Phi) is 4.50. The lowest BCUT2D eigenvalue weighted by Gasteiger charge is -2.41. The molecule has 4 rings (SSSR count). The fraction of sp³-hybridized carbons (Fsp3) is 0.500. The van der Waals surface area contributed by atoms with E-state index in [1.165, 1.54) is 0 Å². The van der Waals surface area contributed by atoms with E-state index in [2.05, 4.69) is 10.6 Å². The molecule has 8 heteroatoms. The van der Waals surface area contributed by atoms with Crippen LogP contribution in [-0.4, -0.2) is 67.2 Å². The Morgan fingerprint density at radius 1 is 1.15 bits per heavy atom. The Morgan fingerprint density at radius 2 is 1.96 bits per heavy atom. The number of anilines is 1. The summed E-state index contributed by atoms with van der Waals surface area (Å²) in [5.74, 6) is -0.244. The average Bonchev–Trinajstić information content (AvgIpc) is 3.02. The number of likely N-dealkylation sites (tertiary alicyclic amines) is 1. The fourth-order valence-corrected chi connectivity index (χ4v) is 3.80. The van der Waals surface area contributed by atoms with Gasteiger partial charge in [-0.3, -0.25) is 9.59 Å². The van der Waals surface area contributed by atoms with Crippen molar-refractivity contribution in [2.45, 2.75) is 31.0 Å². The number of rotatable bonds is 2. The first kappa shape index (κ1) is 16.8. The van der Waals surface area contributed by atoms with Crippen molar-refractivity contribution in [3.63, 3.8) is 0 Å². The van der Waals surface area contributed by atoms with Crippen molar-refractivity contribution in [3.8, 4) is 0 Å². The topological polar surface area (TPSA) is 91.0 Å². The number of carbonyl (C=O) groups is 3. The van der Waals surface area contributed by atoms with Crippen LogP contribution in [0.3, 0.4) is 0 Å². The van der Waals surface area contributed by atoms with Gasteiger partial charge in [-0.15, -0.1) is 0 Å². The van der Waals surface area contributed by atoms with Gasteiger partial charge in [0.05, 0.1) is 12.1 Å². The summed E-state index contributed by atoms with van der Waals surface area (Å²) in [5, 5.41) is 5.72. The molecule has 0 saturated carbocycles. The number of morpholine rings is 1. The molecule has 3 saturated heterocycles. The highest BCUT2D eigenvalue weighted by Crippen LogP contribution is 2.22. The van der Waals surface area contributed by atoms with Crippen LogP contribution in [0.25, 0.3) is 0 Å². The van der Waals surface area contributed by atoms with Crippen molar-refractivity contribution in [2.24, 2.45) is 0 Å². The third-order valence-corrected chi connectivity index (χ3v) is 5.18. The monoisotopic (exact) mass is 358 g/mol. The van der Waals surface area contributed by atoms with Crippen LogP contribution in [0, 0.1) is 0 Å². The normalized spacial score (nSPS) is 28.5. The Morgan fingerprint density at radius 3 is 2.77 bits per heavy atom. The van der Waals surface area contributed by atoms with Gasteiger partial charge in [-0.2, -0.15) is 0 Å². The lowest BCUT2D eigenvalue weighted by atomic mass is 10.0. The van der Waals surface area contributed by atoms with E-state index in [9.17, 15) is 14.4 Å². The van der Waals surface area contributed by atoms with Gasteiger partial charge in [-0.25, -0.2) is 4.79 Å². The van der Waals surface area contributed by atoms with Crippen molar-refractivity contribution < 1.29 is 19.1 Å². The molecule has 2 N–H and O–H groups in total. The highest BCUT2D eigenvalue weighted by Gasteiger charge is 2.38. The fourth-order valence-electron chi connectivity index (χ4n) is 3.80. The molecule has 0 spiro atoms. The standard InChI is InChI=1S/C18H22N4O4/c23-16-11-26-15-7-8-21(10-14(15)19-16)18(25)20-13-6-9-22(17(13)24)12-4-2-1-3-5-12/h1-5,13-15H,6-11H2,(H,19,23)(H,20,25)/t13?,14-,15-/m0/s1. The molecule has 3 heterocycles. The van der Waals surface area contributed by atoms with Crippen LogP contribution < -0.4 is 15.5 Å². The smallest absolute Gasteiger partial charge is 0.318 e. The molecule has 3 aliphatic rings. The van der Waals surface area contributed by atoms with Crippen molar-refractivity contribution >= 4 is 23.5 Å². The maximum Gasteiger partial charge on any atom is 0.318 e. The number of para-hydroxylation sites is 1. The molecule has 0 aliphatic carbocycles. The molecule has 1 aromatic rings. The molecule has 3 fully saturated rings. The van der Waals surface area contributed by atoms with Crippen molar-refractivity contribution in [2.75, 3.05) is 31.1 Å². The van der Waals surface area contributed by atoms with Gasteiger partial charge in [0.2, 0.25) is 11.8 Å². The number of benzene rings is 1. The van der Waals surface area contributed by atoms with Gasteiger partial charge in [0.25, 0.3) is 0 Å². The molecule has 3 atom stereocenters. The molecule has 0 aromatic heterocycles. The van der Waals surface area contributed by atoms with Crippen LogP contribution in [0.1, 0.15) is 12.8 Å². The summed E-state index contributed by atoms with van der Waals surface area (Å²) in [4.78, 5) is 40.0. The zero-order valence-electron chi connectivity index (χ0n) is 14.4. The quantitative estimate of drug-likeness (QED) is 0.784. The van der Waals surface area contributed by atoms with Crippen molar-refractivity contribution in [1.82, 2.24) is 15.5 Å². The highest BCUT2D eigenvalue weighted by atomic mass is 16.5. The summed E-state index contributed by atoms with van der Waals surface area (Å²) in [7, 11) is 0. The zero-order valence-corrected chi connectivity index (χ0v) is 14.4.